The van der Waals surface area contributed by atoms with Gasteiger partial charge in [0.1, 0.15) is 6.61 Å². The van der Waals surface area contributed by atoms with Gasteiger partial charge in [-0.05, 0) is 68.1 Å². The van der Waals surface area contributed by atoms with Crippen LogP contribution in [0.4, 0.5) is 4.79 Å². The summed E-state index contributed by atoms with van der Waals surface area (Å²) in [5, 5.41) is 0. The van der Waals surface area contributed by atoms with Crippen molar-refractivity contribution >= 4 is 12.0 Å². The zero-order valence-electron chi connectivity index (χ0n) is 15.0. The van der Waals surface area contributed by atoms with E-state index in [1.54, 1.807) is 4.90 Å². The van der Waals surface area contributed by atoms with Gasteiger partial charge >= 0.3 is 12.0 Å². The maximum absolute atomic E-state index is 13.1. The number of rotatable bonds is 3. The lowest BCUT2D eigenvalue weighted by molar-refractivity contribution is -0.192. The second-order valence-corrected chi connectivity index (χ2v) is 9.84. The van der Waals surface area contributed by atoms with Gasteiger partial charge in [0.25, 0.3) is 0 Å². The van der Waals surface area contributed by atoms with E-state index in [0.29, 0.717) is 29.9 Å². The van der Waals surface area contributed by atoms with Crippen LogP contribution in [0.25, 0.3) is 0 Å². The van der Waals surface area contributed by atoms with Crippen LogP contribution in [0.3, 0.4) is 0 Å². The molecule has 0 aromatic rings. The Bertz CT molecular complexity index is 557. The number of carbonyl (C=O) groups excluding carboxylic acids is 2. The number of hydrogen-bond acceptors (Lipinski definition) is 3. The number of urea groups is 1. The minimum atomic E-state index is -0.400. The van der Waals surface area contributed by atoms with Gasteiger partial charge in [0.15, 0.2) is 0 Å². The predicted octanol–water partition coefficient (Wildman–Crippen LogP) is 3.07. The number of primary amides is 1. The molecule has 5 nitrogen and oxygen atoms in total. The van der Waals surface area contributed by atoms with E-state index in [1.807, 2.05) is 0 Å². The first-order chi connectivity index (χ1) is 11.2. The predicted molar refractivity (Wildman–Crippen MR) is 90.1 cm³/mol. The van der Waals surface area contributed by atoms with Gasteiger partial charge in [-0.3, -0.25) is 4.79 Å². The second kappa shape index (κ2) is 5.12. The number of likely N-dealkylation sites (tertiary alicyclic amines) is 1. The highest BCUT2D eigenvalue weighted by molar-refractivity contribution is 5.78. The summed E-state index contributed by atoms with van der Waals surface area (Å²) in [4.78, 5) is 26.2. The van der Waals surface area contributed by atoms with Gasteiger partial charge in [0.05, 0.1) is 11.5 Å². The number of esters is 1. The standard InChI is InChI=1S/C19H30N2O3/c1-17-6-13-7-18(2,10-17)12-19(8-13,11-17)15(22)24-9-14-4-3-5-21(14)16(20)23/h13-14H,3-12H2,1-2H3,(H2,20,23)/t13?,14-,17-,18+,19?/m1/s1. The van der Waals surface area contributed by atoms with Crippen LogP contribution in [0.2, 0.25) is 0 Å². The lowest BCUT2D eigenvalue weighted by Crippen LogP contribution is -2.58. The van der Waals surface area contributed by atoms with Crippen molar-refractivity contribution in [1.82, 2.24) is 4.90 Å². The maximum atomic E-state index is 13.1. The smallest absolute Gasteiger partial charge is 0.315 e. The van der Waals surface area contributed by atoms with Crippen molar-refractivity contribution in [2.24, 2.45) is 27.9 Å². The summed E-state index contributed by atoms with van der Waals surface area (Å²) in [5.41, 5.74) is 5.75. The van der Waals surface area contributed by atoms with E-state index >= 15 is 0 Å². The third-order valence-electron chi connectivity index (χ3n) is 7.13. The Morgan fingerprint density at radius 1 is 1.12 bits per heavy atom. The topological polar surface area (TPSA) is 72.6 Å². The van der Waals surface area contributed by atoms with E-state index in [9.17, 15) is 9.59 Å². The lowest BCUT2D eigenvalue weighted by atomic mass is 9.40. The Balaban J connectivity index is 1.46. The third kappa shape index (κ3) is 2.51. The molecule has 0 aromatic heterocycles. The highest BCUT2D eigenvalue weighted by atomic mass is 16.5. The summed E-state index contributed by atoms with van der Waals surface area (Å²) in [7, 11) is 0. The largest absolute Gasteiger partial charge is 0.463 e. The molecule has 5 heteroatoms. The van der Waals surface area contributed by atoms with Crippen LogP contribution >= 0.6 is 0 Å². The minimum absolute atomic E-state index is 0.0135. The maximum Gasteiger partial charge on any atom is 0.315 e. The van der Waals surface area contributed by atoms with Crippen LogP contribution in [-0.2, 0) is 9.53 Å². The second-order valence-electron chi connectivity index (χ2n) is 9.84. The molecule has 1 heterocycles. The van der Waals surface area contributed by atoms with E-state index in [2.05, 4.69) is 13.8 Å². The lowest BCUT2D eigenvalue weighted by Gasteiger charge is -2.64. The Kier molecular flexibility index (Phi) is 3.46. The molecular formula is C19H30N2O3. The van der Waals surface area contributed by atoms with Crippen molar-refractivity contribution in [2.75, 3.05) is 13.2 Å². The highest BCUT2D eigenvalue weighted by Gasteiger charge is 2.63. The number of hydrogen-bond donors (Lipinski definition) is 1. The Labute approximate surface area is 144 Å². The van der Waals surface area contributed by atoms with Gasteiger partial charge in [-0.2, -0.15) is 0 Å². The summed E-state index contributed by atoms with van der Waals surface area (Å²) in [6, 6.07) is -0.435. The molecule has 1 saturated heterocycles. The third-order valence-corrected chi connectivity index (χ3v) is 7.13. The highest BCUT2D eigenvalue weighted by Crippen LogP contribution is 2.69. The molecular weight excluding hydrogens is 304 g/mol. The molecule has 5 rings (SSSR count). The van der Waals surface area contributed by atoms with Gasteiger partial charge in [-0.15, -0.1) is 0 Å². The molecule has 4 saturated carbocycles. The van der Waals surface area contributed by atoms with Crippen LogP contribution < -0.4 is 5.73 Å². The number of amides is 2. The van der Waals surface area contributed by atoms with Gasteiger partial charge in [-0.1, -0.05) is 13.8 Å². The van der Waals surface area contributed by atoms with E-state index in [-0.39, 0.29) is 17.4 Å². The molecule has 2 amide bonds. The quantitative estimate of drug-likeness (QED) is 0.806. The summed E-state index contributed by atoms with van der Waals surface area (Å²) >= 11 is 0. The minimum Gasteiger partial charge on any atom is -0.463 e. The normalized spacial score (nSPS) is 46.3. The summed E-state index contributed by atoms with van der Waals surface area (Å²) in [6.07, 6.45) is 8.58. The Hall–Kier alpha value is -1.26. The molecule has 4 bridgehead atoms. The first-order valence-corrected chi connectivity index (χ1v) is 9.46. The fourth-order valence-electron chi connectivity index (χ4n) is 7.30. The van der Waals surface area contributed by atoms with Crippen LogP contribution in [0.1, 0.15) is 65.2 Å². The first kappa shape index (κ1) is 16.2. The Morgan fingerprint density at radius 2 is 1.79 bits per heavy atom. The first-order valence-electron chi connectivity index (χ1n) is 9.46. The van der Waals surface area contributed by atoms with Crippen LogP contribution in [0.15, 0.2) is 0 Å². The van der Waals surface area contributed by atoms with Crippen molar-refractivity contribution in [3.63, 3.8) is 0 Å². The molecule has 2 unspecified atom stereocenters. The van der Waals surface area contributed by atoms with Crippen molar-refractivity contribution < 1.29 is 14.3 Å². The molecule has 5 fully saturated rings. The number of nitrogens with two attached hydrogens (primary N) is 1. The molecule has 0 spiro atoms. The monoisotopic (exact) mass is 334 g/mol. The van der Waals surface area contributed by atoms with E-state index in [0.717, 1.165) is 32.1 Å². The summed E-state index contributed by atoms with van der Waals surface area (Å²) < 4.78 is 5.79. The summed E-state index contributed by atoms with van der Waals surface area (Å²) in [6.45, 7) is 5.72. The van der Waals surface area contributed by atoms with Gasteiger partial charge in [0.2, 0.25) is 0 Å². The van der Waals surface area contributed by atoms with Gasteiger partial charge in [-0.25, -0.2) is 4.79 Å². The Morgan fingerprint density at radius 3 is 2.38 bits per heavy atom. The average molecular weight is 334 g/mol. The van der Waals surface area contributed by atoms with Crippen molar-refractivity contribution in [2.45, 2.75) is 71.3 Å². The van der Waals surface area contributed by atoms with Crippen LogP contribution in [0.5, 0.6) is 0 Å². The fraction of sp³-hybridized carbons (Fsp3) is 0.895. The molecule has 5 atom stereocenters. The molecule has 4 aliphatic carbocycles. The van der Waals surface area contributed by atoms with E-state index in [4.69, 9.17) is 10.5 Å². The number of carbonyl (C=O) groups is 2. The van der Waals surface area contributed by atoms with E-state index in [1.165, 1.54) is 19.3 Å². The molecule has 1 aliphatic heterocycles. The van der Waals surface area contributed by atoms with Crippen molar-refractivity contribution in [1.29, 1.82) is 0 Å². The average Bonchev–Trinajstić information content (AvgIpc) is 2.89. The molecule has 0 radical (unpaired) electrons. The molecule has 5 aliphatic rings. The van der Waals surface area contributed by atoms with Gasteiger partial charge < -0.3 is 15.4 Å². The number of ether oxygens (including phenoxy) is 1. The fourth-order valence-corrected chi connectivity index (χ4v) is 7.30. The van der Waals surface area contributed by atoms with Crippen molar-refractivity contribution in [3.8, 4) is 0 Å². The molecule has 0 aromatic carbocycles. The SMILES string of the molecule is C[C@]12CC3CC(C(=O)OC[C@H]4CCCN4C(N)=O)(C1)C[C@@](C)(C3)C2. The van der Waals surface area contributed by atoms with Crippen LogP contribution in [0, 0.1) is 22.2 Å². The molecule has 134 valence electrons. The molecule has 24 heavy (non-hydrogen) atoms. The zero-order valence-corrected chi connectivity index (χ0v) is 15.0. The number of nitrogens with zero attached hydrogens (tertiary/aromatic N) is 1. The van der Waals surface area contributed by atoms with E-state index < -0.39 is 6.03 Å². The summed E-state index contributed by atoms with van der Waals surface area (Å²) in [5.74, 6) is 0.665. The van der Waals surface area contributed by atoms with Crippen molar-refractivity contribution in [3.05, 3.63) is 0 Å². The van der Waals surface area contributed by atoms with Gasteiger partial charge in [0, 0.05) is 6.54 Å². The zero-order chi connectivity index (χ0) is 17.2. The van der Waals surface area contributed by atoms with Crippen LogP contribution in [-0.4, -0.2) is 36.1 Å². The molecule has 2 N–H and O–H groups in total.